The first kappa shape index (κ1) is 34.9. The first-order valence-electron chi connectivity index (χ1n) is 17.6. The number of anilines is 1. The Morgan fingerprint density at radius 2 is 1.67 bits per heavy atom. The highest BCUT2D eigenvalue weighted by molar-refractivity contribution is 7.22. The number of benzene rings is 3. The number of allylic oxidation sites excluding steroid dienone is 2. The largest absolute Gasteiger partial charge is 0.502 e. The smallest absolute Gasteiger partial charge is 0.352 e. The van der Waals surface area contributed by atoms with Crippen molar-refractivity contribution in [2.75, 3.05) is 19.1 Å². The highest BCUT2D eigenvalue weighted by Crippen LogP contribution is 2.62. The highest BCUT2D eigenvalue weighted by Gasteiger charge is 2.66. The van der Waals surface area contributed by atoms with Crippen molar-refractivity contribution in [2.24, 2.45) is 18.4 Å². The summed E-state index contributed by atoms with van der Waals surface area (Å²) in [5.74, 6) is -2.32. The number of phenolic OH excluding ortho intramolecular Hbond substituents is 1. The maximum Gasteiger partial charge on any atom is 0.352 e. The van der Waals surface area contributed by atoms with E-state index >= 15 is 4.79 Å². The highest BCUT2D eigenvalue weighted by atomic mass is 35.5. The van der Waals surface area contributed by atoms with Gasteiger partial charge in [0.1, 0.15) is 11.5 Å². The molecule has 0 spiro atoms. The van der Waals surface area contributed by atoms with Gasteiger partial charge in [-0.15, -0.1) is 11.3 Å². The molecule has 4 atom stereocenters. The molecule has 2 amide bonds. The number of thiophene rings is 1. The summed E-state index contributed by atoms with van der Waals surface area (Å²) in [7, 11) is 4.52. The number of phenols is 1. The van der Waals surface area contributed by atoms with Gasteiger partial charge >= 0.3 is 11.4 Å². The number of amides is 2. The summed E-state index contributed by atoms with van der Waals surface area (Å²) in [5, 5.41) is 17.3. The van der Waals surface area contributed by atoms with E-state index in [1.165, 1.54) is 28.5 Å². The summed E-state index contributed by atoms with van der Waals surface area (Å²) < 4.78 is 17.6. The van der Waals surface area contributed by atoms with Crippen molar-refractivity contribution < 1.29 is 24.2 Å². The molecular weight excluding hydrogens is 744 g/mol. The van der Waals surface area contributed by atoms with Crippen LogP contribution in [0.1, 0.15) is 36.4 Å². The molecule has 1 saturated heterocycles. The van der Waals surface area contributed by atoms with Gasteiger partial charge in [0.25, 0.3) is 0 Å². The number of carbonyl (C=O) groups is 2. The lowest BCUT2D eigenvalue weighted by molar-refractivity contribution is -0.129. The lowest BCUT2D eigenvalue weighted by Crippen LogP contribution is -2.49. The topological polar surface area (TPSA) is 143 Å². The Balaban J connectivity index is 1.22. The zero-order valence-corrected chi connectivity index (χ0v) is 32.0. The van der Waals surface area contributed by atoms with Crippen molar-refractivity contribution in [3.8, 4) is 33.5 Å². The van der Waals surface area contributed by atoms with Crippen molar-refractivity contribution in [3.63, 3.8) is 0 Å². The molecule has 2 fully saturated rings. The summed E-state index contributed by atoms with van der Waals surface area (Å²) in [5.41, 5.74) is 0.782. The Morgan fingerprint density at radius 1 is 0.964 bits per heavy atom. The number of imide groups is 1. The molecule has 1 N–H and O–H groups in total. The quantitative estimate of drug-likeness (QED) is 0.161. The van der Waals surface area contributed by atoms with Crippen molar-refractivity contribution in [3.05, 3.63) is 115 Å². The van der Waals surface area contributed by atoms with E-state index in [2.05, 4.69) is 0 Å². The van der Waals surface area contributed by atoms with Crippen LogP contribution in [0.25, 0.3) is 26.3 Å². The minimum atomic E-state index is -1.38. The lowest BCUT2D eigenvalue weighted by atomic mass is 9.56. The third-order valence-electron chi connectivity index (χ3n) is 11.6. The molecule has 3 aromatic heterocycles. The Bertz CT molecular complexity index is 2750. The van der Waals surface area contributed by atoms with Gasteiger partial charge in [0.2, 0.25) is 17.6 Å². The van der Waals surface area contributed by atoms with Crippen molar-refractivity contribution >= 4 is 50.7 Å². The van der Waals surface area contributed by atoms with Gasteiger partial charge in [-0.05, 0) is 84.8 Å². The molecule has 3 aromatic carbocycles. The third kappa shape index (κ3) is 4.80. The summed E-state index contributed by atoms with van der Waals surface area (Å²) in [6.07, 6.45) is 1.95. The third-order valence-corrected chi connectivity index (χ3v) is 13.1. The molecule has 9 rings (SSSR count). The first-order valence-corrected chi connectivity index (χ1v) is 18.8. The normalized spacial score (nSPS) is 21.7. The lowest BCUT2D eigenvalue weighted by Gasteiger charge is -2.47. The second kappa shape index (κ2) is 12.3. The van der Waals surface area contributed by atoms with Crippen LogP contribution in [-0.4, -0.2) is 54.9 Å². The van der Waals surface area contributed by atoms with Gasteiger partial charge in [-0.1, -0.05) is 35.9 Å². The molecule has 6 aromatic rings. The average Bonchev–Trinajstić information content (AvgIpc) is 3.85. The number of rotatable bonds is 6. The number of hydrogen-bond donors (Lipinski definition) is 1. The summed E-state index contributed by atoms with van der Waals surface area (Å²) in [4.78, 5) is 60.3. The zero-order valence-electron chi connectivity index (χ0n) is 30.4. The SMILES string of the molecule is COc1cc(C2C3=CCn4c(=O)n(-c5ccccc5)c(=O)n4C3CC3C(=O)N(c4cc(-c5sc6ccc(Cl)cc6c5C)nn4C)C(=O)C32C)cc(OC)c1O. The zero-order chi connectivity index (χ0) is 38.7. The number of methoxy groups -OCH3 is 2. The molecule has 2 aliphatic heterocycles. The molecule has 5 heterocycles. The van der Waals surface area contributed by atoms with Crippen LogP contribution < -0.4 is 25.8 Å². The van der Waals surface area contributed by atoms with Crippen LogP contribution in [-0.2, 0) is 23.2 Å². The number of nitrogens with zero attached hydrogens (tertiary/aromatic N) is 6. The molecule has 1 saturated carbocycles. The molecule has 0 radical (unpaired) electrons. The van der Waals surface area contributed by atoms with Crippen LogP contribution in [0, 0.1) is 18.3 Å². The maximum atomic E-state index is 15.2. The molecule has 3 aliphatic rings. The van der Waals surface area contributed by atoms with E-state index in [4.69, 9.17) is 26.2 Å². The summed E-state index contributed by atoms with van der Waals surface area (Å²) >= 11 is 7.87. The van der Waals surface area contributed by atoms with E-state index in [0.29, 0.717) is 33.4 Å². The van der Waals surface area contributed by atoms with Crippen molar-refractivity contribution in [1.82, 2.24) is 23.7 Å². The fourth-order valence-electron chi connectivity index (χ4n) is 8.97. The number of para-hydroxylation sites is 1. The average molecular weight is 779 g/mol. The molecule has 1 aliphatic carbocycles. The van der Waals surface area contributed by atoms with Crippen LogP contribution in [0.3, 0.4) is 0 Å². The Hall–Kier alpha value is -5.86. The molecular formula is C40H35ClN6O7S. The van der Waals surface area contributed by atoms with Crippen molar-refractivity contribution in [2.45, 2.75) is 38.8 Å². The second-order valence-electron chi connectivity index (χ2n) is 14.3. The Kier molecular flexibility index (Phi) is 7.82. The van der Waals surface area contributed by atoms with Crippen LogP contribution in [0.5, 0.6) is 17.2 Å². The fraction of sp³-hybridized carbons (Fsp3) is 0.275. The number of fused-ring (bicyclic) bond motifs is 5. The molecule has 15 heteroatoms. The number of aryl methyl sites for hydroxylation is 2. The van der Waals surface area contributed by atoms with Gasteiger partial charge < -0.3 is 14.6 Å². The van der Waals surface area contributed by atoms with E-state index in [-0.39, 0.29) is 30.2 Å². The molecule has 55 heavy (non-hydrogen) atoms. The van der Waals surface area contributed by atoms with Gasteiger partial charge in [0.05, 0.1) is 48.7 Å². The molecule has 4 unspecified atom stereocenters. The Labute approximate surface area is 322 Å². The minimum absolute atomic E-state index is 0.0556. The van der Waals surface area contributed by atoms with E-state index < -0.39 is 46.5 Å². The standard InChI is InChI=1S/C40H35ClN6O7S/c1-20-25-17-22(41)11-12-31(25)55-35(20)27-19-32(43(3)42-27)46-36(49)26-18-28-24(13-14-44-38(51)45(39(52)47(28)44)23-9-7-6-8-10-23)33(40(26,2)37(46)50)21-15-29(53-4)34(48)30(16-21)54-5/h6-13,15-17,19,26,28,33,48H,14,18H2,1-5H3. The Morgan fingerprint density at radius 3 is 2.36 bits per heavy atom. The minimum Gasteiger partial charge on any atom is -0.502 e. The van der Waals surface area contributed by atoms with E-state index in [1.807, 2.05) is 31.2 Å². The van der Waals surface area contributed by atoms with E-state index in [0.717, 1.165) is 25.1 Å². The molecule has 13 nitrogen and oxygen atoms in total. The van der Waals surface area contributed by atoms with Gasteiger partial charge in [-0.2, -0.15) is 5.10 Å². The monoisotopic (exact) mass is 778 g/mol. The first-order chi connectivity index (χ1) is 26.4. The predicted molar refractivity (Wildman–Crippen MR) is 208 cm³/mol. The van der Waals surface area contributed by atoms with E-state index in [9.17, 15) is 19.5 Å². The molecule has 280 valence electrons. The predicted octanol–water partition coefficient (Wildman–Crippen LogP) is 5.97. The van der Waals surface area contributed by atoms with Gasteiger partial charge in [-0.3, -0.25) is 14.3 Å². The number of ether oxygens (including phenoxy) is 2. The number of aromatic nitrogens is 5. The van der Waals surface area contributed by atoms with Gasteiger partial charge in [-0.25, -0.2) is 28.4 Å². The number of hydrogen-bond acceptors (Lipinski definition) is 9. The number of halogens is 1. The maximum absolute atomic E-state index is 15.2. The van der Waals surface area contributed by atoms with Gasteiger partial charge in [0, 0.05) is 28.8 Å². The van der Waals surface area contributed by atoms with Crippen molar-refractivity contribution in [1.29, 1.82) is 0 Å². The van der Waals surface area contributed by atoms with Crippen LogP contribution in [0.4, 0.5) is 5.82 Å². The number of carbonyl (C=O) groups excluding carboxylic acids is 2. The molecule has 0 bridgehead atoms. The second-order valence-corrected chi connectivity index (χ2v) is 15.8. The van der Waals surface area contributed by atoms with Crippen LogP contribution >= 0.6 is 22.9 Å². The fourth-order valence-corrected chi connectivity index (χ4v) is 10.3. The van der Waals surface area contributed by atoms with Crippen LogP contribution in [0.2, 0.25) is 5.02 Å². The summed E-state index contributed by atoms with van der Waals surface area (Å²) in [6.45, 7) is 3.83. The van der Waals surface area contributed by atoms with Gasteiger partial charge in [0.15, 0.2) is 11.5 Å². The summed E-state index contributed by atoms with van der Waals surface area (Å²) in [6, 6.07) is 18.6. The van der Waals surface area contributed by atoms with Crippen LogP contribution in [0.15, 0.2) is 88.0 Å². The van der Waals surface area contributed by atoms with E-state index in [1.54, 1.807) is 78.5 Å². The number of aromatic hydroxyl groups is 1.